The average molecular weight is 482 g/mol. The summed E-state index contributed by atoms with van der Waals surface area (Å²) in [6, 6.07) is 10.1. The number of amides is 3. The molecule has 0 aromatic heterocycles. The summed E-state index contributed by atoms with van der Waals surface area (Å²) in [6.45, 7) is 1.99. The van der Waals surface area contributed by atoms with Gasteiger partial charge in [-0.3, -0.25) is 4.79 Å². The van der Waals surface area contributed by atoms with Crippen LogP contribution in [0.25, 0.3) is 0 Å². The second kappa shape index (κ2) is 10.0. The monoisotopic (exact) mass is 482 g/mol. The lowest BCUT2D eigenvalue weighted by Gasteiger charge is -2.28. The van der Waals surface area contributed by atoms with Crippen LogP contribution in [0.3, 0.4) is 0 Å². The number of rotatable bonds is 7. The molecule has 2 aromatic carbocycles. The van der Waals surface area contributed by atoms with Crippen molar-refractivity contribution in [3.05, 3.63) is 53.6 Å². The van der Waals surface area contributed by atoms with Gasteiger partial charge in [-0.1, -0.05) is 30.8 Å². The molecule has 3 rings (SSSR count). The number of halogens is 3. The highest BCUT2D eigenvalue weighted by Crippen LogP contribution is 2.36. The number of methoxy groups -OCH3 is 1. The van der Waals surface area contributed by atoms with E-state index in [9.17, 15) is 22.8 Å². The predicted octanol–water partition coefficient (Wildman–Crippen LogP) is 4.94. The normalized spacial score (nSPS) is 16.3. The minimum absolute atomic E-state index is 0.0780. The predicted molar refractivity (Wildman–Crippen MR) is 118 cm³/mol. The number of primary amides is 1. The van der Waals surface area contributed by atoms with Gasteiger partial charge in [-0.2, -0.15) is 5.10 Å². The number of nitrogens with two attached hydrogens (primary N) is 1. The molecule has 1 aliphatic rings. The average Bonchev–Trinajstić information content (AvgIpc) is 2.74. The second-order valence-electron chi connectivity index (χ2n) is 6.92. The van der Waals surface area contributed by atoms with E-state index in [0.29, 0.717) is 23.4 Å². The highest BCUT2D eigenvalue weighted by atomic mass is 32.2. The number of anilines is 1. The van der Waals surface area contributed by atoms with E-state index < -0.39 is 18.1 Å². The molecule has 1 aliphatic heterocycles. The number of hydrazone groups is 1. The Morgan fingerprint density at radius 1 is 1.21 bits per heavy atom. The summed E-state index contributed by atoms with van der Waals surface area (Å²) in [7, 11) is 1.24. The minimum Gasteiger partial charge on any atom is -0.493 e. The van der Waals surface area contributed by atoms with Gasteiger partial charge in [-0.15, -0.1) is 13.2 Å². The Labute approximate surface area is 191 Å². The highest BCUT2D eigenvalue weighted by molar-refractivity contribution is 8.14. The third kappa shape index (κ3) is 6.31. The molecular formula is C21H21F3N4O4S. The summed E-state index contributed by atoms with van der Waals surface area (Å²) in [6.07, 6.45) is -4.35. The topological polar surface area (TPSA) is 106 Å². The number of hydrogen-bond donors (Lipinski definition) is 2. The molecule has 8 nitrogen and oxygen atoms in total. The van der Waals surface area contributed by atoms with Crippen molar-refractivity contribution >= 4 is 34.4 Å². The van der Waals surface area contributed by atoms with Gasteiger partial charge in [-0.25, -0.2) is 9.80 Å². The van der Waals surface area contributed by atoms with E-state index in [1.807, 2.05) is 6.92 Å². The molecule has 2 aromatic rings. The van der Waals surface area contributed by atoms with Crippen LogP contribution in [0.15, 0.2) is 47.6 Å². The molecule has 176 valence electrons. The van der Waals surface area contributed by atoms with Crippen molar-refractivity contribution in [2.75, 3.05) is 12.4 Å². The van der Waals surface area contributed by atoms with Crippen molar-refractivity contribution in [2.24, 2.45) is 10.8 Å². The van der Waals surface area contributed by atoms with Crippen LogP contribution in [-0.2, 0) is 6.54 Å². The second-order valence-corrected chi connectivity index (χ2v) is 8.08. The number of urea groups is 1. The third-order valence-corrected chi connectivity index (χ3v) is 5.85. The van der Waals surface area contributed by atoms with Crippen LogP contribution in [0.5, 0.6) is 11.5 Å². The number of carbonyl (C=O) groups is 2. The molecule has 0 fully saturated rings. The maximum atomic E-state index is 12.8. The Morgan fingerprint density at radius 3 is 2.48 bits per heavy atom. The van der Waals surface area contributed by atoms with E-state index >= 15 is 0 Å². The van der Waals surface area contributed by atoms with Gasteiger partial charge in [0.15, 0.2) is 11.5 Å². The summed E-state index contributed by atoms with van der Waals surface area (Å²) >= 11 is 1.05. The lowest BCUT2D eigenvalue weighted by atomic mass is 10.0. The van der Waals surface area contributed by atoms with Crippen LogP contribution in [0.1, 0.15) is 24.5 Å². The van der Waals surface area contributed by atoms with Gasteiger partial charge >= 0.3 is 17.6 Å². The Balaban J connectivity index is 1.91. The molecule has 0 saturated carbocycles. The smallest absolute Gasteiger partial charge is 0.493 e. The quantitative estimate of drug-likeness (QED) is 0.582. The molecule has 3 N–H and O–H groups in total. The fourth-order valence-electron chi connectivity index (χ4n) is 3.14. The molecule has 3 amide bonds. The van der Waals surface area contributed by atoms with E-state index in [-0.39, 0.29) is 22.8 Å². The Morgan fingerprint density at radius 2 is 1.91 bits per heavy atom. The zero-order valence-electron chi connectivity index (χ0n) is 17.7. The summed E-state index contributed by atoms with van der Waals surface area (Å²) in [5.74, 6) is -0.572. The molecule has 0 spiro atoms. The summed E-state index contributed by atoms with van der Waals surface area (Å²) in [4.78, 5) is 23.6. The zero-order chi connectivity index (χ0) is 24.2. The first-order valence-corrected chi connectivity index (χ1v) is 10.6. The Kier molecular flexibility index (Phi) is 7.36. The first-order valence-electron chi connectivity index (χ1n) is 9.75. The van der Waals surface area contributed by atoms with E-state index in [1.54, 1.807) is 30.3 Å². The number of hydrogen-bond acceptors (Lipinski definition) is 6. The molecule has 0 bridgehead atoms. The minimum atomic E-state index is -4.89. The van der Waals surface area contributed by atoms with Crippen LogP contribution in [0.4, 0.5) is 28.4 Å². The fourth-order valence-corrected chi connectivity index (χ4v) is 4.07. The van der Waals surface area contributed by atoms with Crippen LogP contribution in [-0.4, -0.2) is 40.7 Å². The number of nitrogens with one attached hydrogen (secondary N) is 1. The van der Waals surface area contributed by atoms with Crippen LogP contribution >= 0.6 is 11.8 Å². The summed E-state index contributed by atoms with van der Waals surface area (Å²) in [5, 5.41) is 7.51. The number of carbonyl (C=O) groups excluding carboxylic acids is 2. The van der Waals surface area contributed by atoms with Gasteiger partial charge in [-0.05, 0) is 42.3 Å². The van der Waals surface area contributed by atoms with Crippen LogP contribution < -0.4 is 20.5 Å². The van der Waals surface area contributed by atoms with E-state index in [2.05, 4.69) is 15.2 Å². The van der Waals surface area contributed by atoms with Crippen molar-refractivity contribution in [3.8, 4) is 11.5 Å². The Bertz CT molecular complexity index is 1060. The van der Waals surface area contributed by atoms with Crippen LogP contribution in [0.2, 0.25) is 0 Å². The fraction of sp³-hybridized carbons (Fsp3) is 0.286. The lowest BCUT2D eigenvalue weighted by Crippen LogP contribution is -2.34. The van der Waals surface area contributed by atoms with Gasteiger partial charge in [0.2, 0.25) is 0 Å². The first kappa shape index (κ1) is 24.2. The maximum Gasteiger partial charge on any atom is 0.573 e. The third-order valence-electron chi connectivity index (χ3n) is 4.60. The van der Waals surface area contributed by atoms with Crippen molar-refractivity contribution in [1.82, 2.24) is 5.01 Å². The van der Waals surface area contributed by atoms with Crippen molar-refractivity contribution in [2.45, 2.75) is 31.5 Å². The largest absolute Gasteiger partial charge is 0.573 e. The van der Waals surface area contributed by atoms with Crippen LogP contribution in [0, 0.1) is 0 Å². The van der Waals surface area contributed by atoms with Crippen molar-refractivity contribution in [1.29, 1.82) is 0 Å². The lowest BCUT2D eigenvalue weighted by molar-refractivity contribution is -0.275. The van der Waals surface area contributed by atoms with Gasteiger partial charge in [0, 0.05) is 11.3 Å². The molecule has 0 aliphatic carbocycles. The van der Waals surface area contributed by atoms with Crippen molar-refractivity contribution in [3.63, 3.8) is 0 Å². The standard InChI is InChI=1S/C21H21F3N4O4S/c1-3-17-18(13-6-9-15(31-2)16(10-13)32-21(22,23)24)27-28(20(30)33-17)11-12-4-7-14(8-5-12)26-19(25)29/h4-10,17H,3,11H2,1-2H3,(H3,25,26,29). The van der Waals surface area contributed by atoms with Gasteiger partial charge in [0.05, 0.1) is 24.6 Å². The highest BCUT2D eigenvalue weighted by Gasteiger charge is 2.34. The molecule has 12 heteroatoms. The number of ether oxygens (including phenoxy) is 2. The first-order chi connectivity index (χ1) is 15.6. The SMILES string of the molecule is CCC1SC(=O)N(Cc2ccc(NC(N)=O)cc2)N=C1c1ccc(OC)c(OC(F)(F)F)c1. The number of benzene rings is 2. The molecule has 1 unspecified atom stereocenters. The van der Waals surface area contributed by atoms with Gasteiger partial charge in [0.25, 0.3) is 0 Å². The molecule has 0 saturated heterocycles. The Hall–Kier alpha value is -3.41. The summed E-state index contributed by atoms with van der Waals surface area (Å²) < 4.78 is 47.6. The molecule has 1 heterocycles. The molecular weight excluding hydrogens is 461 g/mol. The van der Waals surface area contributed by atoms with Gasteiger partial charge < -0.3 is 20.5 Å². The summed E-state index contributed by atoms with van der Waals surface area (Å²) in [5.41, 5.74) is 7.14. The number of nitrogens with zero attached hydrogens (tertiary/aromatic N) is 2. The van der Waals surface area contributed by atoms with E-state index in [4.69, 9.17) is 10.5 Å². The zero-order valence-corrected chi connectivity index (χ0v) is 18.5. The molecule has 1 atom stereocenters. The number of thioether (sulfide) groups is 1. The van der Waals surface area contributed by atoms with E-state index in [0.717, 1.165) is 17.3 Å². The van der Waals surface area contributed by atoms with E-state index in [1.165, 1.54) is 24.3 Å². The maximum absolute atomic E-state index is 12.8. The number of alkyl halides is 3. The van der Waals surface area contributed by atoms with Crippen molar-refractivity contribution < 1.29 is 32.2 Å². The molecule has 0 radical (unpaired) electrons. The molecule has 33 heavy (non-hydrogen) atoms. The van der Waals surface area contributed by atoms with Gasteiger partial charge in [0.1, 0.15) is 0 Å².